The number of halogens is 2. The third kappa shape index (κ3) is 5.16. The fourth-order valence-electron chi connectivity index (χ4n) is 4.02. The highest BCUT2D eigenvalue weighted by atomic mass is 32.2. The summed E-state index contributed by atoms with van der Waals surface area (Å²) < 4.78 is 57.6. The Bertz CT molecular complexity index is 1150. The van der Waals surface area contributed by atoms with E-state index in [1.165, 1.54) is 12.1 Å². The van der Waals surface area contributed by atoms with Crippen LogP contribution < -0.4 is 14.4 Å². The zero-order valence-corrected chi connectivity index (χ0v) is 18.2. The molecule has 0 spiro atoms. The van der Waals surface area contributed by atoms with Crippen LogP contribution in [0.25, 0.3) is 6.08 Å². The van der Waals surface area contributed by atoms with Crippen molar-refractivity contribution in [2.45, 2.75) is 45.3 Å². The third-order valence-electron chi connectivity index (χ3n) is 5.65. The first-order chi connectivity index (χ1) is 15.3. The number of nitrogens with zero attached hydrogens (tertiary/aromatic N) is 1. The predicted molar refractivity (Wildman–Crippen MR) is 118 cm³/mol. The molecular formula is C23H24F2N2O4S. The molecule has 4 rings (SSSR count). The first-order valence-electron chi connectivity index (χ1n) is 10.5. The van der Waals surface area contributed by atoms with E-state index in [9.17, 15) is 22.0 Å². The second-order valence-electron chi connectivity index (χ2n) is 7.85. The van der Waals surface area contributed by atoms with Crippen molar-refractivity contribution in [3.63, 3.8) is 0 Å². The van der Waals surface area contributed by atoms with E-state index < -0.39 is 16.6 Å². The largest absolute Gasteiger partial charge is 0.435 e. The minimum Gasteiger partial charge on any atom is -0.435 e. The maximum Gasteiger partial charge on any atom is 0.387 e. The van der Waals surface area contributed by atoms with E-state index >= 15 is 0 Å². The summed E-state index contributed by atoms with van der Waals surface area (Å²) in [5.41, 5.74) is 2.97. The van der Waals surface area contributed by atoms with Crippen LogP contribution in [0, 0.1) is 0 Å². The van der Waals surface area contributed by atoms with Crippen molar-refractivity contribution >= 4 is 27.7 Å². The summed E-state index contributed by atoms with van der Waals surface area (Å²) in [4.78, 5) is 14.2. The molecule has 170 valence electrons. The monoisotopic (exact) mass is 462 g/mol. The van der Waals surface area contributed by atoms with Gasteiger partial charge in [-0.2, -0.15) is 8.78 Å². The lowest BCUT2D eigenvalue weighted by molar-refractivity contribution is -0.119. The smallest absolute Gasteiger partial charge is 0.387 e. The van der Waals surface area contributed by atoms with Crippen LogP contribution in [0.15, 0.2) is 47.4 Å². The maximum absolute atomic E-state index is 12.9. The van der Waals surface area contributed by atoms with Gasteiger partial charge in [0.15, 0.2) is 0 Å². The molecule has 1 amide bonds. The summed E-state index contributed by atoms with van der Waals surface area (Å²) in [6.07, 6.45) is 4.62. The number of benzene rings is 2. The third-order valence-corrected chi connectivity index (χ3v) is 7.19. The van der Waals surface area contributed by atoms with Crippen LogP contribution in [0.4, 0.5) is 14.5 Å². The molecule has 32 heavy (non-hydrogen) atoms. The van der Waals surface area contributed by atoms with Gasteiger partial charge in [0, 0.05) is 25.2 Å². The molecule has 0 bridgehead atoms. The highest BCUT2D eigenvalue weighted by Gasteiger charge is 2.23. The van der Waals surface area contributed by atoms with Crippen LogP contribution in [0.2, 0.25) is 0 Å². The average Bonchev–Trinajstić information content (AvgIpc) is 2.77. The zero-order valence-electron chi connectivity index (χ0n) is 17.4. The van der Waals surface area contributed by atoms with Crippen LogP contribution in [0.3, 0.4) is 0 Å². The topological polar surface area (TPSA) is 75.7 Å². The number of hydrogen-bond donors (Lipinski definition) is 1. The molecule has 1 N–H and O–H groups in total. The molecule has 1 aliphatic carbocycles. The fraction of sp³-hybridized carbons (Fsp3) is 0.348. The Morgan fingerprint density at radius 2 is 1.91 bits per heavy atom. The summed E-state index contributed by atoms with van der Waals surface area (Å²) in [5, 5.41) is 0. The van der Waals surface area contributed by atoms with Crippen LogP contribution in [0.5, 0.6) is 5.75 Å². The molecule has 0 radical (unpaired) electrons. The van der Waals surface area contributed by atoms with Crippen molar-refractivity contribution in [1.29, 1.82) is 0 Å². The van der Waals surface area contributed by atoms with E-state index in [-0.39, 0.29) is 29.5 Å². The number of alkyl halides is 2. The fourth-order valence-corrected chi connectivity index (χ4v) is 5.21. The van der Waals surface area contributed by atoms with Gasteiger partial charge in [-0.25, -0.2) is 13.1 Å². The number of rotatable bonds is 7. The average molecular weight is 463 g/mol. The first-order valence-corrected chi connectivity index (χ1v) is 12.0. The number of allylic oxidation sites excluding steroid dienone is 1. The van der Waals surface area contributed by atoms with Gasteiger partial charge in [0.2, 0.25) is 15.9 Å². The van der Waals surface area contributed by atoms with Crippen LogP contribution >= 0.6 is 0 Å². The van der Waals surface area contributed by atoms with E-state index in [1.54, 1.807) is 17.0 Å². The summed E-state index contributed by atoms with van der Waals surface area (Å²) >= 11 is 0. The quantitative estimate of drug-likeness (QED) is 0.669. The van der Waals surface area contributed by atoms with Gasteiger partial charge in [-0.05, 0) is 72.7 Å². The molecule has 2 aromatic rings. The van der Waals surface area contributed by atoms with E-state index in [4.69, 9.17) is 0 Å². The van der Waals surface area contributed by atoms with E-state index in [0.717, 1.165) is 29.7 Å². The van der Waals surface area contributed by atoms with Crippen LogP contribution in [-0.2, 0) is 27.8 Å². The van der Waals surface area contributed by atoms with Gasteiger partial charge in [-0.1, -0.05) is 18.2 Å². The lowest BCUT2D eigenvalue weighted by atomic mass is 9.97. The van der Waals surface area contributed by atoms with Crippen molar-refractivity contribution in [3.8, 4) is 5.75 Å². The molecule has 0 saturated carbocycles. The van der Waals surface area contributed by atoms with Gasteiger partial charge in [-0.3, -0.25) is 4.79 Å². The van der Waals surface area contributed by atoms with E-state index in [0.29, 0.717) is 24.9 Å². The molecule has 6 nitrogen and oxygen atoms in total. The number of carbonyl (C=O) groups is 1. The summed E-state index contributed by atoms with van der Waals surface area (Å²) in [7, 11) is -3.72. The molecule has 9 heteroatoms. The molecule has 2 aliphatic rings. The Hall–Kier alpha value is -2.78. The predicted octanol–water partition coefficient (Wildman–Crippen LogP) is 4.21. The highest BCUT2D eigenvalue weighted by Crippen LogP contribution is 2.30. The number of aryl methyl sites for hydroxylation is 1. The number of hydrogen-bond acceptors (Lipinski definition) is 4. The normalized spacial score (nSPS) is 16.7. The molecule has 0 atom stereocenters. The second kappa shape index (κ2) is 9.38. The van der Waals surface area contributed by atoms with Crippen molar-refractivity contribution < 1.29 is 26.7 Å². The zero-order chi connectivity index (χ0) is 22.7. The number of sulfonamides is 1. The highest BCUT2D eigenvalue weighted by molar-refractivity contribution is 7.93. The molecule has 1 heterocycles. The van der Waals surface area contributed by atoms with Gasteiger partial charge < -0.3 is 9.64 Å². The maximum atomic E-state index is 12.9. The Labute approximate surface area is 185 Å². The standard InChI is InChI=1S/C23H24F2N2O4S/c24-23(25)31-20-9-7-18-14-21(10-8-17(18)13-20)32(29,30)26-15-16-4-3-5-19(12-16)27-11-2-1-6-22(27)28/h3-5,7,9,12-14,23,26H,1-2,6,8,10-11,15H2. The Morgan fingerprint density at radius 3 is 2.69 bits per heavy atom. The number of nitrogens with one attached hydrogen (secondary N) is 1. The summed E-state index contributed by atoms with van der Waals surface area (Å²) in [6.45, 7) is -2.13. The van der Waals surface area contributed by atoms with Crippen molar-refractivity contribution in [3.05, 3.63) is 64.1 Å². The van der Waals surface area contributed by atoms with Gasteiger partial charge in [0.05, 0.1) is 4.91 Å². The minimum atomic E-state index is -3.72. The second-order valence-corrected chi connectivity index (χ2v) is 9.67. The van der Waals surface area contributed by atoms with Crippen molar-refractivity contribution in [2.75, 3.05) is 11.4 Å². The minimum absolute atomic E-state index is 0.0589. The van der Waals surface area contributed by atoms with Gasteiger partial charge in [-0.15, -0.1) is 0 Å². The number of carbonyl (C=O) groups excluding carboxylic acids is 1. The molecular weight excluding hydrogens is 438 g/mol. The van der Waals surface area contributed by atoms with Gasteiger partial charge >= 0.3 is 6.61 Å². The number of ether oxygens (including phenoxy) is 1. The lowest BCUT2D eigenvalue weighted by Gasteiger charge is -2.27. The van der Waals surface area contributed by atoms with Gasteiger partial charge in [0.1, 0.15) is 5.75 Å². The molecule has 0 unspecified atom stereocenters. The molecule has 2 aromatic carbocycles. The SMILES string of the molecule is O=C1CCCCN1c1cccc(CNS(=O)(=O)C2=Cc3ccc(OC(F)F)cc3CC2)c1. The molecule has 1 fully saturated rings. The van der Waals surface area contributed by atoms with Crippen molar-refractivity contribution in [1.82, 2.24) is 4.72 Å². The number of fused-ring (bicyclic) bond motifs is 1. The van der Waals surface area contributed by atoms with Crippen molar-refractivity contribution in [2.24, 2.45) is 0 Å². The van der Waals surface area contributed by atoms with E-state index in [1.807, 2.05) is 24.3 Å². The number of amides is 1. The van der Waals surface area contributed by atoms with Gasteiger partial charge in [0.25, 0.3) is 0 Å². The first kappa shape index (κ1) is 22.4. The molecule has 1 saturated heterocycles. The summed E-state index contributed by atoms with van der Waals surface area (Å²) in [5.74, 6) is 0.144. The molecule has 0 aromatic heterocycles. The number of piperidine rings is 1. The number of anilines is 1. The summed E-state index contributed by atoms with van der Waals surface area (Å²) in [6, 6.07) is 11.8. The molecule has 1 aliphatic heterocycles. The Kier molecular flexibility index (Phi) is 6.57. The van der Waals surface area contributed by atoms with E-state index in [2.05, 4.69) is 9.46 Å². The van der Waals surface area contributed by atoms with Crippen LogP contribution in [0.1, 0.15) is 42.4 Å². The lowest BCUT2D eigenvalue weighted by Crippen LogP contribution is -2.35. The van der Waals surface area contributed by atoms with Crippen LogP contribution in [-0.4, -0.2) is 27.5 Å². The Balaban J connectivity index is 1.45. The Morgan fingerprint density at radius 1 is 1.06 bits per heavy atom.